The van der Waals surface area contributed by atoms with E-state index in [0.717, 1.165) is 5.56 Å². The van der Waals surface area contributed by atoms with E-state index in [1.54, 1.807) is 20.8 Å². The second kappa shape index (κ2) is 7.88. The van der Waals surface area contributed by atoms with Crippen LogP contribution in [0.5, 0.6) is 0 Å². The van der Waals surface area contributed by atoms with E-state index in [1.807, 2.05) is 45.0 Å². The molecule has 2 atom stereocenters. The molecule has 0 aliphatic heterocycles. The topological polar surface area (TPSA) is 55.4 Å². The van der Waals surface area contributed by atoms with Gasteiger partial charge in [0.25, 0.3) is 0 Å². The van der Waals surface area contributed by atoms with E-state index < -0.39 is 28.6 Å². The van der Waals surface area contributed by atoms with Crippen molar-refractivity contribution >= 4 is 17.0 Å². The highest BCUT2D eigenvalue weighted by molar-refractivity contribution is 7.83. The average Bonchev–Trinajstić information content (AvgIpc) is 2.42. The Morgan fingerprint density at radius 3 is 2.17 bits per heavy atom. The summed E-state index contributed by atoms with van der Waals surface area (Å²) in [4.78, 5) is 12.9. The molecule has 0 heterocycles. The largest absolute Gasteiger partial charge is 0.457 e. The van der Waals surface area contributed by atoms with Crippen molar-refractivity contribution in [2.24, 2.45) is 5.92 Å². The van der Waals surface area contributed by atoms with E-state index in [-0.39, 0.29) is 11.5 Å². The first-order valence-electron chi connectivity index (χ1n) is 7.68. The van der Waals surface area contributed by atoms with E-state index >= 15 is 0 Å². The summed E-state index contributed by atoms with van der Waals surface area (Å²) in [5, 5.41) is 0. The zero-order valence-corrected chi connectivity index (χ0v) is 15.6. The molecular weight excluding hydrogens is 310 g/mol. The van der Waals surface area contributed by atoms with Crippen molar-refractivity contribution in [3.8, 4) is 0 Å². The van der Waals surface area contributed by atoms with Crippen LogP contribution >= 0.6 is 0 Å². The number of rotatable bonds is 6. The number of ether oxygens (including phenoxy) is 1. The van der Waals surface area contributed by atoms with Crippen molar-refractivity contribution in [1.29, 1.82) is 0 Å². The maximum Gasteiger partial charge on any atom is 0.335 e. The fraction of sp³-hybridized carbons (Fsp3) is 0.500. The molecular formula is C18H27NO3S. The Balaban J connectivity index is 2.86. The van der Waals surface area contributed by atoms with E-state index in [0.29, 0.717) is 4.90 Å². The Hall–Kier alpha value is -1.46. The maximum absolute atomic E-state index is 12.5. The van der Waals surface area contributed by atoms with Crippen LogP contribution in [0.25, 0.3) is 0 Å². The van der Waals surface area contributed by atoms with Gasteiger partial charge in [-0.1, -0.05) is 38.1 Å². The third-order valence-electron chi connectivity index (χ3n) is 3.17. The fourth-order valence-electron chi connectivity index (χ4n) is 1.93. The number of benzene rings is 1. The predicted molar refractivity (Wildman–Crippen MR) is 94.3 cm³/mol. The normalized spacial score (nSPS) is 14.4. The van der Waals surface area contributed by atoms with Crippen LogP contribution in [-0.4, -0.2) is 21.8 Å². The van der Waals surface area contributed by atoms with Gasteiger partial charge in [0.2, 0.25) is 0 Å². The van der Waals surface area contributed by atoms with Crippen molar-refractivity contribution in [1.82, 2.24) is 4.72 Å². The molecule has 0 aromatic heterocycles. The quantitative estimate of drug-likeness (QED) is 0.638. The number of carbonyl (C=O) groups is 1. The molecule has 0 bridgehead atoms. The molecule has 0 radical (unpaired) electrons. The van der Waals surface area contributed by atoms with Gasteiger partial charge in [0.15, 0.2) is 0 Å². The summed E-state index contributed by atoms with van der Waals surface area (Å²) in [5.74, 6) is -0.422. The minimum absolute atomic E-state index is 0.0458. The summed E-state index contributed by atoms with van der Waals surface area (Å²) in [7, 11) is -1.42. The summed E-state index contributed by atoms with van der Waals surface area (Å²) >= 11 is 0. The van der Waals surface area contributed by atoms with Gasteiger partial charge >= 0.3 is 5.97 Å². The van der Waals surface area contributed by atoms with Crippen molar-refractivity contribution in [3.05, 3.63) is 42.0 Å². The number of hydrogen-bond acceptors (Lipinski definition) is 3. The highest BCUT2D eigenvalue weighted by Crippen LogP contribution is 2.18. The van der Waals surface area contributed by atoms with E-state index in [4.69, 9.17) is 4.74 Å². The van der Waals surface area contributed by atoms with Crippen LogP contribution < -0.4 is 4.72 Å². The summed E-state index contributed by atoms with van der Waals surface area (Å²) in [6.45, 7) is 15.1. The molecule has 4 nitrogen and oxygen atoms in total. The SMILES string of the molecule is C=C(C(=O)OC(C)(C)C)[C@@H](N[S@@](=O)c1ccc(C)cc1)C(C)C. The lowest BCUT2D eigenvalue weighted by Crippen LogP contribution is -2.40. The number of aryl methyl sites for hydroxylation is 1. The van der Waals surface area contributed by atoms with Gasteiger partial charge in [-0.25, -0.2) is 13.7 Å². The Kier molecular flexibility index (Phi) is 6.71. The lowest BCUT2D eigenvalue weighted by molar-refractivity contribution is -0.150. The molecule has 1 aromatic carbocycles. The lowest BCUT2D eigenvalue weighted by atomic mass is 9.98. The summed E-state index contributed by atoms with van der Waals surface area (Å²) in [5.41, 5.74) is 0.803. The van der Waals surface area contributed by atoms with Gasteiger partial charge in [0.1, 0.15) is 16.6 Å². The molecule has 0 fully saturated rings. The van der Waals surface area contributed by atoms with Crippen molar-refractivity contribution < 1.29 is 13.7 Å². The highest BCUT2D eigenvalue weighted by atomic mass is 32.2. The number of nitrogens with one attached hydrogen (secondary N) is 1. The first-order chi connectivity index (χ1) is 10.5. The average molecular weight is 337 g/mol. The third kappa shape index (κ3) is 6.28. The minimum atomic E-state index is -1.42. The lowest BCUT2D eigenvalue weighted by Gasteiger charge is -2.26. The molecule has 0 saturated heterocycles. The zero-order valence-electron chi connectivity index (χ0n) is 14.8. The molecule has 1 rings (SSSR count). The minimum Gasteiger partial charge on any atom is -0.457 e. The summed E-state index contributed by atoms with van der Waals surface area (Å²) in [6.07, 6.45) is 0. The van der Waals surface area contributed by atoms with Gasteiger partial charge in [0, 0.05) is 5.57 Å². The van der Waals surface area contributed by atoms with E-state index in [1.165, 1.54) is 0 Å². The molecule has 0 spiro atoms. The van der Waals surface area contributed by atoms with Gasteiger partial charge in [-0.2, -0.15) is 0 Å². The maximum atomic E-state index is 12.5. The number of hydrogen-bond donors (Lipinski definition) is 1. The molecule has 1 aromatic rings. The first kappa shape index (κ1) is 19.6. The van der Waals surface area contributed by atoms with E-state index in [9.17, 15) is 9.00 Å². The van der Waals surface area contributed by atoms with Crippen molar-refractivity contribution in [2.75, 3.05) is 0 Å². The van der Waals surface area contributed by atoms with E-state index in [2.05, 4.69) is 11.3 Å². The standard InChI is InChI=1S/C18H27NO3S/c1-12(2)16(14(4)17(20)22-18(5,6)7)19-23(21)15-10-8-13(3)9-11-15/h8-12,16,19H,4H2,1-3,5-7H3/t16-,23-/m0/s1. The first-order valence-corrected chi connectivity index (χ1v) is 8.83. The number of esters is 1. The highest BCUT2D eigenvalue weighted by Gasteiger charge is 2.28. The van der Waals surface area contributed by atoms with Crippen LogP contribution in [0.15, 0.2) is 41.3 Å². The second-order valence-corrected chi connectivity index (χ2v) is 8.19. The molecule has 0 unspecified atom stereocenters. The smallest absolute Gasteiger partial charge is 0.335 e. The molecule has 23 heavy (non-hydrogen) atoms. The number of carbonyl (C=O) groups excluding carboxylic acids is 1. The van der Waals surface area contributed by atoms with Crippen molar-refractivity contribution in [2.45, 2.75) is 58.1 Å². The Labute approximate surface area is 141 Å². The molecule has 0 aliphatic carbocycles. The van der Waals surface area contributed by atoms with Crippen LogP contribution in [0, 0.1) is 12.8 Å². The Morgan fingerprint density at radius 2 is 1.74 bits per heavy atom. The summed E-state index contributed by atoms with van der Waals surface area (Å²) < 4.78 is 20.8. The molecule has 128 valence electrons. The van der Waals surface area contributed by atoms with Gasteiger partial charge in [0.05, 0.1) is 10.9 Å². The Morgan fingerprint density at radius 1 is 1.22 bits per heavy atom. The van der Waals surface area contributed by atoms with Gasteiger partial charge in [-0.3, -0.25) is 0 Å². The van der Waals surface area contributed by atoms with Crippen molar-refractivity contribution in [3.63, 3.8) is 0 Å². The zero-order chi connectivity index (χ0) is 17.8. The van der Waals surface area contributed by atoms with Crippen LogP contribution in [0.1, 0.15) is 40.2 Å². The van der Waals surface area contributed by atoms with Gasteiger partial charge in [-0.15, -0.1) is 0 Å². The van der Waals surface area contributed by atoms with Gasteiger partial charge < -0.3 is 4.74 Å². The second-order valence-electron chi connectivity index (χ2n) is 6.95. The monoisotopic (exact) mass is 337 g/mol. The molecule has 0 aliphatic rings. The molecule has 0 saturated carbocycles. The third-order valence-corrected chi connectivity index (χ3v) is 4.34. The van der Waals surface area contributed by atoms with Crippen LogP contribution in [0.4, 0.5) is 0 Å². The fourth-order valence-corrected chi connectivity index (χ4v) is 3.09. The summed E-state index contributed by atoms with van der Waals surface area (Å²) in [6, 6.07) is 7.01. The Bertz CT molecular complexity index is 585. The molecule has 0 amide bonds. The van der Waals surface area contributed by atoms with Gasteiger partial charge in [-0.05, 0) is 45.7 Å². The van der Waals surface area contributed by atoms with Crippen LogP contribution in [0.3, 0.4) is 0 Å². The predicted octanol–water partition coefficient (Wildman–Crippen LogP) is 3.53. The molecule has 1 N–H and O–H groups in total. The molecule has 5 heteroatoms. The van der Waals surface area contributed by atoms with Crippen LogP contribution in [0.2, 0.25) is 0 Å². The van der Waals surface area contributed by atoms with Crippen LogP contribution in [-0.2, 0) is 20.5 Å².